The maximum absolute atomic E-state index is 11.6. The van der Waals surface area contributed by atoms with E-state index in [1.54, 1.807) is 6.07 Å². The van der Waals surface area contributed by atoms with Gasteiger partial charge in [-0.05, 0) is 22.9 Å². The highest BCUT2D eigenvalue weighted by molar-refractivity contribution is 6.30. The van der Waals surface area contributed by atoms with Crippen molar-refractivity contribution in [1.29, 1.82) is 0 Å². The molecule has 1 aromatic heterocycles. The van der Waals surface area contributed by atoms with Crippen LogP contribution >= 0.6 is 11.6 Å². The second-order valence-electron chi connectivity index (χ2n) is 7.26. The molecule has 0 spiro atoms. The van der Waals surface area contributed by atoms with Gasteiger partial charge in [0.2, 0.25) is 5.88 Å². The molecule has 2 atom stereocenters. The van der Waals surface area contributed by atoms with Crippen LogP contribution in [0.2, 0.25) is 5.15 Å². The number of amides is 1. The van der Waals surface area contributed by atoms with E-state index >= 15 is 0 Å². The molecule has 1 N–H and O–H groups in total. The second-order valence-corrected chi connectivity index (χ2v) is 7.65. The number of aromatic nitrogens is 1. The number of carbonyl (C=O) groups is 1. The van der Waals surface area contributed by atoms with E-state index in [1.165, 1.54) is 4.90 Å². The van der Waals surface area contributed by atoms with Gasteiger partial charge in [0.1, 0.15) is 11.3 Å². The Hall–Kier alpha value is -2.01. The highest BCUT2D eigenvalue weighted by Crippen LogP contribution is 2.35. The van der Waals surface area contributed by atoms with Crippen molar-refractivity contribution >= 4 is 28.5 Å². The number of hydrogen-bond donors (Lipinski definition) is 1. The number of pyridine rings is 1. The number of carboxylic acid groups (broad SMARTS) is 1. The molecule has 24 heavy (non-hydrogen) atoms. The molecule has 128 valence electrons. The molecule has 3 rings (SSSR count). The average Bonchev–Trinajstić information content (AvgIpc) is 2.91. The van der Waals surface area contributed by atoms with Gasteiger partial charge in [-0.2, -0.15) is 0 Å². The standard InChI is InChI=1S/C18H21ClN2O3/c1-18(2,3)14-9-12(10-21(14)17(22)23)24-16-13-7-5-4-6-11(13)8-15(19)20-16/h4-8,12,14H,9-10H2,1-3H3,(H,22,23). The summed E-state index contributed by atoms with van der Waals surface area (Å²) in [4.78, 5) is 17.3. The normalized spacial score (nSPS) is 21.2. The van der Waals surface area contributed by atoms with Gasteiger partial charge >= 0.3 is 6.09 Å². The molecule has 0 bridgehead atoms. The molecule has 2 aromatic rings. The van der Waals surface area contributed by atoms with E-state index in [9.17, 15) is 9.90 Å². The molecule has 1 aromatic carbocycles. The summed E-state index contributed by atoms with van der Waals surface area (Å²) in [5, 5.41) is 11.7. The molecule has 5 nitrogen and oxygen atoms in total. The summed E-state index contributed by atoms with van der Waals surface area (Å²) in [6.07, 6.45) is -0.511. The lowest BCUT2D eigenvalue weighted by Gasteiger charge is -2.32. The summed E-state index contributed by atoms with van der Waals surface area (Å²) >= 11 is 6.09. The van der Waals surface area contributed by atoms with Crippen LogP contribution in [0.3, 0.4) is 0 Å². The Morgan fingerprint density at radius 2 is 2.08 bits per heavy atom. The van der Waals surface area contributed by atoms with Crippen LogP contribution in [0.15, 0.2) is 30.3 Å². The summed E-state index contributed by atoms with van der Waals surface area (Å²) in [5.74, 6) is 0.461. The smallest absolute Gasteiger partial charge is 0.407 e. The number of rotatable bonds is 2. The average molecular weight is 349 g/mol. The molecule has 1 aliphatic rings. The maximum atomic E-state index is 11.6. The van der Waals surface area contributed by atoms with Crippen molar-refractivity contribution in [2.45, 2.75) is 39.3 Å². The van der Waals surface area contributed by atoms with Crippen LogP contribution in [0.4, 0.5) is 4.79 Å². The fourth-order valence-corrected chi connectivity index (χ4v) is 3.49. The van der Waals surface area contributed by atoms with E-state index in [4.69, 9.17) is 16.3 Å². The molecule has 2 heterocycles. The Morgan fingerprint density at radius 1 is 1.38 bits per heavy atom. The highest BCUT2D eigenvalue weighted by atomic mass is 35.5. The minimum atomic E-state index is -0.912. The first-order valence-electron chi connectivity index (χ1n) is 7.97. The van der Waals surface area contributed by atoms with E-state index in [0.29, 0.717) is 24.0 Å². The van der Waals surface area contributed by atoms with Crippen molar-refractivity contribution in [3.63, 3.8) is 0 Å². The van der Waals surface area contributed by atoms with Crippen LogP contribution in [0.25, 0.3) is 10.8 Å². The van der Waals surface area contributed by atoms with Crippen molar-refractivity contribution in [2.24, 2.45) is 5.41 Å². The van der Waals surface area contributed by atoms with Gasteiger partial charge in [-0.15, -0.1) is 0 Å². The third kappa shape index (κ3) is 3.26. The Balaban J connectivity index is 1.89. The number of fused-ring (bicyclic) bond motifs is 1. The van der Waals surface area contributed by atoms with Gasteiger partial charge in [-0.25, -0.2) is 9.78 Å². The van der Waals surface area contributed by atoms with Gasteiger partial charge in [0.05, 0.1) is 6.54 Å². The number of hydrogen-bond acceptors (Lipinski definition) is 3. The van der Waals surface area contributed by atoms with Gasteiger partial charge in [0.15, 0.2) is 0 Å². The van der Waals surface area contributed by atoms with Crippen LogP contribution in [0.1, 0.15) is 27.2 Å². The molecule has 1 aliphatic heterocycles. The molecule has 0 aliphatic carbocycles. The summed E-state index contributed by atoms with van der Waals surface area (Å²) in [6.45, 7) is 6.47. The molecular formula is C18H21ClN2O3. The summed E-state index contributed by atoms with van der Waals surface area (Å²) in [7, 11) is 0. The molecule has 1 fully saturated rings. The largest absolute Gasteiger partial charge is 0.472 e. The van der Waals surface area contributed by atoms with E-state index < -0.39 is 6.09 Å². The van der Waals surface area contributed by atoms with E-state index in [2.05, 4.69) is 4.98 Å². The highest BCUT2D eigenvalue weighted by Gasteiger charge is 2.43. The lowest BCUT2D eigenvalue weighted by molar-refractivity contribution is 0.105. The molecule has 1 amide bonds. The predicted octanol–water partition coefficient (Wildman–Crippen LogP) is 4.43. The van der Waals surface area contributed by atoms with Crippen molar-refractivity contribution in [3.8, 4) is 5.88 Å². The topological polar surface area (TPSA) is 62.7 Å². The van der Waals surface area contributed by atoms with Crippen LogP contribution in [-0.4, -0.2) is 39.8 Å². The van der Waals surface area contributed by atoms with Crippen LogP contribution in [0.5, 0.6) is 5.88 Å². The number of benzene rings is 1. The van der Waals surface area contributed by atoms with Crippen molar-refractivity contribution in [3.05, 3.63) is 35.5 Å². The molecule has 0 saturated carbocycles. The fourth-order valence-electron chi connectivity index (χ4n) is 3.30. The third-order valence-corrected chi connectivity index (χ3v) is 4.65. The Kier molecular flexibility index (Phi) is 4.30. The Morgan fingerprint density at radius 3 is 2.71 bits per heavy atom. The van der Waals surface area contributed by atoms with Gasteiger partial charge in [-0.1, -0.05) is 50.6 Å². The lowest BCUT2D eigenvalue weighted by atomic mass is 9.85. The molecule has 6 heteroatoms. The van der Waals surface area contributed by atoms with Crippen molar-refractivity contribution < 1.29 is 14.6 Å². The quantitative estimate of drug-likeness (QED) is 0.815. The van der Waals surface area contributed by atoms with E-state index in [-0.39, 0.29) is 17.6 Å². The van der Waals surface area contributed by atoms with Gasteiger partial charge < -0.3 is 14.7 Å². The van der Waals surface area contributed by atoms with Gasteiger partial charge in [-0.3, -0.25) is 0 Å². The summed E-state index contributed by atoms with van der Waals surface area (Å²) in [5.41, 5.74) is -0.152. The van der Waals surface area contributed by atoms with Gasteiger partial charge in [0.25, 0.3) is 0 Å². The monoisotopic (exact) mass is 348 g/mol. The van der Waals surface area contributed by atoms with Crippen LogP contribution in [0, 0.1) is 5.41 Å². The zero-order valence-corrected chi connectivity index (χ0v) is 14.7. The van der Waals surface area contributed by atoms with Gasteiger partial charge in [0, 0.05) is 17.8 Å². The minimum Gasteiger partial charge on any atom is -0.472 e. The first kappa shape index (κ1) is 16.8. The zero-order valence-electron chi connectivity index (χ0n) is 14.0. The number of nitrogens with zero attached hydrogens (tertiary/aromatic N) is 2. The van der Waals surface area contributed by atoms with Crippen LogP contribution < -0.4 is 4.74 Å². The molecular weight excluding hydrogens is 328 g/mol. The lowest BCUT2D eigenvalue weighted by Crippen LogP contribution is -2.42. The first-order valence-corrected chi connectivity index (χ1v) is 8.35. The fraction of sp³-hybridized carbons (Fsp3) is 0.444. The van der Waals surface area contributed by atoms with E-state index in [0.717, 1.165) is 10.8 Å². The first-order chi connectivity index (χ1) is 11.3. The molecule has 1 saturated heterocycles. The predicted molar refractivity (Wildman–Crippen MR) is 93.8 cm³/mol. The summed E-state index contributed by atoms with van der Waals surface area (Å²) in [6, 6.07) is 9.43. The Bertz CT molecular complexity index is 772. The van der Waals surface area contributed by atoms with Crippen LogP contribution in [-0.2, 0) is 0 Å². The number of likely N-dealkylation sites (tertiary alicyclic amines) is 1. The SMILES string of the molecule is CC(C)(C)C1CC(Oc2nc(Cl)cc3ccccc23)CN1C(=O)O. The summed E-state index contributed by atoms with van der Waals surface area (Å²) < 4.78 is 6.07. The molecule has 2 unspecified atom stereocenters. The minimum absolute atomic E-state index is 0.0922. The maximum Gasteiger partial charge on any atom is 0.407 e. The van der Waals surface area contributed by atoms with E-state index in [1.807, 2.05) is 45.0 Å². The molecule has 0 radical (unpaired) electrons. The third-order valence-electron chi connectivity index (χ3n) is 4.46. The van der Waals surface area contributed by atoms with Crippen molar-refractivity contribution in [2.75, 3.05) is 6.54 Å². The van der Waals surface area contributed by atoms with Crippen molar-refractivity contribution in [1.82, 2.24) is 9.88 Å². The second kappa shape index (κ2) is 6.13. The number of halogens is 1. The zero-order chi connectivity index (χ0) is 17.5. The number of ether oxygens (including phenoxy) is 1. The Labute approximate surface area is 146 Å².